The van der Waals surface area contributed by atoms with Gasteiger partial charge in [0.2, 0.25) is 10.0 Å². The maximum atomic E-state index is 12.9. The highest BCUT2D eigenvalue weighted by molar-refractivity contribution is 7.89. The van der Waals surface area contributed by atoms with Crippen LogP contribution in [0.25, 0.3) is 0 Å². The van der Waals surface area contributed by atoms with Crippen molar-refractivity contribution in [2.45, 2.75) is 51.0 Å². The second kappa shape index (κ2) is 8.84. The van der Waals surface area contributed by atoms with Crippen molar-refractivity contribution in [3.05, 3.63) is 29.8 Å². The van der Waals surface area contributed by atoms with Gasteiger partial charge in [-0.05, 0) is 49.9 Å². The molecule has 0 spiro atoms. The van der Waals surface area contributed by atoms with Crippen molar-refractivity contribution in [3.63, 3.8) is 0 Å². The molecule has 0 radical (unpaired) electrons. The lowest BCUT2D eigenvalue weighted by Crippen LogP contribution is -2.42. The molecule has 1 aliphatic heterocycles. The van der Waals surface area contributed by atoms with E-state index in [0.29, 0.717) is 13.1 Å². The Bertz CT molecular complexity index is 774. The molecule has 1 unspecified atom stereocenters. The predicted octanol–water partition coefficient (Wildman–Crippen LogP) is 2.43. The lowest BCUT2D eigenvalue weighted by atomic mass is 10.1. The van der Waals surface area contributed by atoms with Gasteiger partial charge in [0.25, 0.3) is 5.91 Å². The van der Waals surface area contributed by atoms with Crippen LogP contribution in [0.5, 0.6) is 0 Å². The number of hydrogen-bond donors (Lipinski definition) is 1. The van der Waals surface area contributed by atoms with Crippen LogP contribution in [0.15, 0.2) is 29.2 Å². The summed E-state index contributed by atoms with van der Waals surface area (Å²) >= 11 is 0. The highest BCUT2D eigenvalue weighted by Gasteiger charge is 2.31. The first-order valence-electron chi connectivity index (χ1n) is 9.26. The Morgan fingerprint density at radius 1 is 1.22 bits per heavy atom. The molecular weight excluding hydrogens is 368 g/mol. The van der Waals surface area contributed by atoms with E-state index in [0.717, 1.165) is 19.3 Å². The Labute approximate surface area is 161 Å². The molecule has 2 rings (SSSR count). The number of nitrogens with zero attached hydrogens (tertiary/aromatic N) is 2. The summed E-state index contributed by atoms with van der Waals surface area (Å²) in [6.45, 7) is 6.14. The molecule has 1 atom stereocenters. The fourth-order valence-electron chi connectivity index (χ4n) is 3.34. The number of carboxylic acid groups (broad SMARTS) is 1. The van der Waals surface area contributed by atoms with Gasteiger partial charge in [-0.15, -0.1) is 0 Å². The molecule has 1 aromatic carbocycles. The SMILES string of the molecule is CC(C)CN(CC(=O)O)C(=O)c1ccc(S(=O)(=O)N2CCCCC2C)cc1. The maximum Gasteiger partial charge on any atom is 0.323 e. The van der Waals surface area contributed by atoms with Crippen molar-refractivity contribution in [2.24, 2.45) is 5.92 Å². The van der Waals surface area contributed by atoms with Crippen LogP contribution in [0.4, 0.5) is 0 Å². The Morgan fingerprint density at radius 2 is 1.85 bits per heavy atom. The summed E-state index contributed by atoms with van der Waals surface area (Å²) in [6, 6.07) is 5.73. The number of amides is 1. The zero-order valence-electron chi connectivity index (χ0n) is 16.1. The number of rotatable bonds is 7. The third-order valence-electron chi connectivity index (χ3n) is 4.65. The number of carbonyl (C=O) groups excluding carboxylic acids is 1. The van der Waals surface area contributed by atoms with Crippen LogP contribution < -0.4 is 0 Å². The number of carbonyl (C=O) groups is 2. The van der Waals surface area contributed by atoms with E-state index in [4.69, 9.17) is 5.11 Å². The highest BCUT2D eigenvalue weighted by atomic mass is 32.2. The summed E-state index contributed by atoms with van der Waals surface area (Å²) in [4.78, 5) is 25.1. The predicted molar refractivity (Wildman–Crippen MR) is 102 cm³/mol. The van der Waals surface area contributed by atoms with Crippen LogP contribution in [0.2, 0.25) is 0 Å². The molecule has 1 aromatic rings. The number of hydrogen-bond acceptors (Lipinski definition) is 4. The van der Waals surface area contributed by atoms with Crippen molar-refractivity contribution in [2.75, 3.05) is 19.6 Å². The van der Waals surface area contributed by atoms with Crippen LogP contribution in [0.1, 0.15) is 50.4 Å². The third kappa shape index (κ3) is 5.29. The lowest BCUT2D eigenvalue weighted by Gasteiger charge is -2.32. The number of sulfonamides is 1. The van der Waals surface area contributed by atoms with Crippen LogP contribution in [0.3, 0.4) is 0 Å². The molecule has 1 fully saturated rings. The Morgan fingerprint density at radius 3 is 2.37 bits per heavy atom. The minimum atomic E-state index is -3.60. The number of aliphatic carboxylic acids is 1. The van der Waals surface area contributed by atoms with E-state index >= 15 is 0 Å². The number of benzene rings is 1. The van der Waals surface area contributed by atoms with E-state index in [1.165, 1.54) is 33.5 Å². The fraction of sp³-hybridized carbons (Fsp3) is 0.579. The van der Waals surface area contributed by atoms with Gasteiger partial charge in [0, 0.05) is 24.7 Å². The quantitative estimate of drug-likeness (QED) is 0.764. The Balaban J connectivity index is 2.22. The summed E-state index contributed by atoms with van der Waals surface area (Å²) in [6.07, 6.45) is 2.71. The second-order valence-corrected chi connectivity index (χ2v) is 9.35. The molecule has 0 bridgehead atoms. The van der Waals surface area contributed by atoms with Crippen molar-refractivity contribution in [1.82, 2.24) is 9.21 Å². The molecule has 1 N–H and O–H groups in total. The topological polar surface area (TPSA) is 95.0 Å². The largest absolute Gasteiger partial charge is 0.480 e. The first kappa shape index (κ1) is 21.4. The van der Waals surface area contributed by atoms with Gasteiger partial charge in [-0.1, -0.05) is 20.3 Å². The van der Waals surface area contributed by atoms with E-state index < -0.39 is 21.9 Å². The van der Waals surface area contributed by atoms with Gasteiger partial charge in [-0.25, -0.2) is 8.42 Å². The van der Waals surface area contributed by atoms with E-state index in [1.807, 2.05) is 20.8 Å². The minimum absolute atomic E-state index is 0.0397. The fourth-order valence-corrected chi connectivity index (χ4v) is 5.04. The molecule has 0 aliphatic carbocycles. The van der Waals surface area contributed by atoms with Gasteiger partial charge in [-0.2, -0.15) is 4.31 Å². The zero-order chi connectivity index (χ0) is 20.2. The van der Waals surface area contributed by atoms with Gasteiger partial charge < -0.3 is 10.0 Å². The minimum Gasteiger partial charge on any atom is -0.480 e. The molecule has 7 nitrogen and oxygen atoms in total. The van der Waals surface area contributed by atoms with E-state index in [2.05, 4.69) is 0 Å². The van der Waals surface area contributed by atoms with Gasteiger partial charge >= 0.3 is 5.97 Å². The average Bonchev–Trinajstić information content (AvgIpc) is 2.60. The Hall–Kier alpha value is -1.93. The highest BCUT2D eigenvalue weighted by Crippen LogP contribution is 2.25. The zero-order valence-corrected chi connectivity index (χ0v) is 16.9. The first-order chi connectivity index (χ1) is 12.6. The molecule has 0 saturated carbocycles. The third-order valence-corrected chi connectivity index (χ3v) is 6.68. The summed E-state index contributed by atoms with van der Waals surface area (Å²) in [7, 11) is -3.60. The molecule has 1 aliphatic rings. The molecule has 27 heavy (non-hydrogen) atoms. The van der Waals surface area contributed by atoms with E-state index in [1.54, 1.807) is 0 Å². The molecule has 1 saturated heterocycles. The van der Waals surface area contributed by atoms with Gasteiger partial charge in [0.15, 0.2) is 0 Å². The van der Waals surface area contributed by atoms with Crippen LogP contribution in [-0.4, -0.2) is 60.3 Å². The van der Waals surface area contributed by atoms with Gasteiger partial charge in [0.05, 0.1) is 4.90 Å². The molecular formula is C19H28N2O5S. The molecule has 8 heteroatoms. The van der Waals surface area contributed by atoms with Crippen molar-refractivity contribution in [1.29, 1.82) is 0 Å². The Kier molecular flexibility index (Phi) is 7.00. The second-order valence-electron chi connectivity index (χ2n) is 7.46. The van der Waals surface area contributed by atoms with Crippen LogP contribution in [0, 0.1) is 5.92 Å². The standard InChI is InChI=1S/C19H28N2O5S/c1-14(2)12-20(13-18(22)23)19(24)16-7-9-17(10-8-16)27(25,26)21-11-5-4-6-15(21)3/h7-10,14-15H,4-6,11-13H2,1-3H3,(H,22,23). The molecule has 0 aromatic heterocycles. The maximum absolute atomic E-state index is 12.9. The van der Waals surface area contributed by atoms with E-state index in [-0.39, 0.29) is 29.0 Å². The normalized spacial score (nSPS) is 18.4. The van der Waals surface area contributed by atoms with Gasteiger partial charge in [-0.3, -0.25) is 9.59 Å². The smallest absolute Gasteiger partial charge is 0.323 e. The monoisotopic (exact) mass is 396 g/mol. The summed E-state index contributed by atoms with van der Waals surface area (Å²) in [5, 5.41) is 9.03. The van der Waals surface area contributed by atoms with Crippen LogP contribution in [-0.2, 0) is 14.8 Å². The van der Waals surface area contributed by atoms with Crippen LogP contribution >= 0.6 is 0 Å². The molecule has 1 amide bonds. The molecule has 150 valence electrons. The summed E-state index contributed by atoms with van der Waals surface area (Å²) in [5.74, 6) is -1.38. The lowest BCUT2D eigenvalue weighted by molar-refractivity contribution is -0.137. The van der Waals surface area contributed by atoms with E-state index in [9.17, 15) is 18.0 Å². The summed E-state index contributed by atoms with van der Waals surface area (Å²) < 4.78 is 27.2. The molecule has 1 heterocycles. The summed E-state index contributed by atoms with van der Waals surface area (Å²) in [5.41, 5.74) is 0.280. The van der Waals surface area contributed by atoms with Crippen molar-refractivity contribution < 1.29 is 23.1 Å². The van der Waals surface area contributed by atoms with Gasteiger partial charge in [0.1, 0.15) is 6.54 Å². The van der Waals surface area contributed by atoms with Crippen molar-refractivity contribution >= 4 is 21.9 Å². The number of carboxylic acids is 1. The number of piperidine rings is 1. The first-order valence-corrected chi connectivity index (χ1v) is 10.7. The average molecular weight is 397 g/mol. The van der Waals surface area contributed by atoms with Crippen molar-refractivity contribution in [3.8, 4) is 0 Å².